The molecule has 3 aromatic rings. The molecule has 2 saturated heterocycles. The lowest BCUT2D eigenvalue weighted by atomic mass is 9.47. The monoisotopic (exact) mass is 885 g/mol. The van der Waals surface area contributed by atoms with Gasteiger partial charge in [-0.25, -0.2) is 4.79 Å². The number of aromatic amines is 1. The summed E-state index contributed by atoms with van der Waals surface area (Å²) in [5, 5.41) is 41.8. The molecule has 3 unspecified atom stereocenters. The van der Waals surface area contributed by atoms with Gasteiger partial charge in [0.25, 0.3) is 0 Å². The summed E-state index contributed by atoms with van der Waals surface area (Å²) in [6.45, 7) is 10.0. The van der Waals surface area contributed by atoms with E-state index in [9.17, 15) is 24.9 Å². The summed E-state index contributed by atoms with van der Waals surface area (Å²) >= 11 is 1.55. The van der Waals surface area contributed by atoms with Crippen LogP contribution in [0.25, 0.3) is 10.9 Å². The molecule has 1 aliphatic carbocycles. The number of nitrogens with zero attached hydrogens (tertiary/aromatic N) is 3. The molecule has 1 aromatic heterocycles. The van der Waals surface area contributed by atoms with Gasteiger partial charge in [0.05, 0.1) is 25.3 Å². The number of piperidine rings is 1. The van der Waals surface area contributed by atoms with Crippen LogP contribution >= 0.6 is 11.8 Å². The molecular weight excluding hydrogens is 823 g/mol. The van der Waals surface area contributed by atoms with E-state index >= 15 is 0 Å². The molecule has 6 heterocycles. The fraction of sp³-hybridized carbons (Fsp3) is 0.604. The Balaban J connectivity index is 0.00000177. The number of para-hydroxylation sites is 1. The maximum atomic E-state index is 14.8. The van der Waals surface area contributed by atoms with Gasteiger partial charge in [-0.2, -0.15) is 21.4 Å². The Morgan fingerprint density at radius 1 is 1.06 bits per heavy atom. The number of fused-ring (bicyclic) bond motifs is 6. The molecule has 2 aromatic carbocycles. The molecule has 340 valence electrons. The van der Waals surface area contributed by atoms with Gasteiger partial charge in [0.2, 0.25) is 0 Å². The van der Waals surface area contributed by atoms with Crippen LogP contribution < -0.4 is 15.0 Å². The summed E-state index contributed by atoms with van der Waals surface area (Å²) in [5.41, 5.74) is 1.10. The highest BCUT2D eigenvalue weighted by molar-refractivity contribution is 7.98. The van der Waals surface area contributed by atoms with Crippen LogP contribution in [0.3, 0.4) is 0 Å². The van der Waals surface area contributed by atoms with Gasteiger partial charge in [0.15, 0.2) is 11.4 Å². The Morgan fingerprint density at radius 3 is 2.54 bits per heavy atom. The first-order chi connectivity index (χ1) is 30.2. The topological polar surface area (TPSA) is 185 Å². The minimum atomic E-state index is -2.26. The van der Waals surface area contributed by atoms with Gasteiger partial charge in [0, 0.05) is 95.2 Å². The van der Waals surface area contributed by atoms with E-state index in [1.54, 1.807) is 18.9 Å². The van der Waals surface area contributed by atoms with Crippen LogP contribution in [-0.4, -0.2) is 150 Å². The van der Waals surface area contributed by atoms with Gasteiger partial charge >= 0.3 is 12.2 Å². The largest absolute Gasteiger partial charge is 0.496 e. The zero-order valence-corrected chi connectivity index (χ0v) is 38.2. The van der Waals surface area contributed by atoms with Crippen molar-refractivity contribution in [1.29, 1.82) is 0 Å². The highest BCUT2D eigenvalue weighted by atomic mass is 32.2. The summed E-state index contributed by atoms with van der Waals surface area (Å²) in [6, 6.07) is 11.9. The van der Waals surface area contributed by atoms with Gasteiger partial charge in [-0.1, -0.05) is 44.2 Å². The number of rotatable bonds is 10. The second-order valence-corrected chi connectivity index (χ2v) is 20.0. The van der Waals surface area contributed by atoms with Crippen molar-refractivity contribution in [2.45, 2.75) is 99.5 Å². The number of ether oxygens (including phenoxy) is 2. The number of ketones is 1. The number of carbonyl (C=O) groups is 2. The predicted octanol–water partition coefficient (Wildman–Crippen LogP) is 4.17. The fourth-order valence-corrected chi connectivity index (χ4v) is 13.8. The zero-order chi connectivity index (χ0) is 45.1. The van der Waals surface area contributed by atoms with Crippen LogP contribution in [0.5, 0.6) is 5.75 Å². The van der Waals surface area contributed by atoms with Gasteiger partial charge in [-0.15, -0.1) is 0 Å². The average Bonchev–Trinajstić information content (AvgIpc) is 3.94. The first kappa shape index (κ1) is 45.4. The lowest BCUT2D eigenvalue weighted by molar-refractivity contribution is -0.201. The molecule has 2 bridgehead atoms. The van der Waals surface area contributed by atoms with Crippen molar-refractivity contribution in [3.8, 4) is 5.75 Å². The number of alkyl carbamates (subject to hydrolysis) is 1. The van der Waals surface area contributed by atoms with Crippen molar-refractivity contribution >= 4 is 46.4 Å². The van der Waals surface area contributed by atoms with Crippen LogP contribution in [0.1, 0.15) is 75.3 Å². The molecule has 10 atom stereocenters. The molecule has 6 aliphatic rings. The number of nitrogens with one attached hydrogen (secondary N) is 2. The third kappa shape index (κ3) is 6.87. The number of anilines is 1. The third-order valence-electron chi connectivity index (χ3n) is 16.0. The molecule has 5 aliphatic heterocycles. The van der Waals surface area contributed by atoms with E-state index in [4.69, 9.17) is 19.1 Å². The molecule has 9 rings (SSSR count). The Morgan fingerprint density at radius 2 is 1.83 bits per heavy atom. The number of methoxy groups -OCH3 is 1. The smallest absolute Gasteiger partial charge is 0.407 e. The molecule has 1 spiro atoms. The number of thioether (sulfide) groups is 1. The molecule has 15 heteroatoms. The molecular formula is C48H63N5O9S. The van der Waals surface area contributed by atoms with E-state index in [0.717, 1.165) is 60.5 Å². The first-order valence-electron chi connectivity index (χ1n) is 22.4. The van der Waals surface area contributed by atoms with Crippen molar-refractivity contribution in [2.75, 3.05) is 76.9 Å². The first-order valence-corrected chi connectivity index (χ1v) is 23.8. The molecule has 1 amide bonds. The Labute approximate surface area is 373 Å². The maximum Gasteiger partial charge on any atom is 0.407 e. The van der Waals surface area contributed by atoms with Gasteiger partial charge in [-0.3, -0.25) is 14.6 Å². The van der Waals surface area contributed by atoms with Gasteiger partial charge in [0.1, 0.15) is 18.5 Å². The summed E-state index contributed by atoms with van der Waals surface area (Å²) < 4.78 is 11.7. The average molecular weight is 886 g/mol. The minimum Gasteiger partial charge on any atom is -0.496 e. The van der Waals surface area contributed by atoms with Crippen LogP contribution in [0.2, 0.25) is 0 Å². The number of Topliss-reactive ketones (excluding diaryl/α,β-unsaturated/α-hetero) is 1. The van der Waals surface area contributed by atoms with Crippen molar-refractivity contribution in [2.24, 2.45) is 11.3 Å². The fourth-order valence-electron chi connectivity index (χ4n) is 13.5. The summed E-state index contributed by atoms with van der Waals surface area (Å²) in [6.07, 6.45) is 8.28. The highest BCUT2D eigenvalue weighted by Gasteiger charge is 2.78. The van der Waals surface area contributed by atoms with E-state index < -0.39 is 58.0 Å². The van der Waals surface area contributed by atoms with Crippen molar-refractivity contribution in [3.63, 3.8) is 0 Å². The number of benzene rings is 2. The van der Waals surface area contributed by atoms with E-state index in [1.807, 2.05) is 25.1 Å². The summed E-state index contributed by atoms with van der Waals surface area (Å²) in [5.74, 6) is 0.884. The molecule has 63 heavy (non-hydrogen) atoms. The Hall–Kier alpha value is -4.21. The number of carbonyl (C=O) groups excluding carboxylic acids is 4. The predicted molar refractivity (Wildman–Crippen MR) is 240 cm³/mol. The number of aliphatic hydroxyl groups is 3. The van der Waals surface area contributed by atoms with Crippen LogP contribution in [0.4, 0.5) is 10.5 Å². The SMILES string of the molecule is CCC1(O)CC2CN(CCc3c([nH]c4ccccc34)[C@@](C)(c3cc4c(cc3OC)N(C)[C@H]3[C@@](O)(C(=O)CNC(=O)OCCSC)[C@H](O)[C@]5(CC)C=CCN6CC[C@]43[C@@H]65)C2)C1.O=C=O. The highest BCUT2D eigenvalue weighted by Crippen LogP contribution is 2.67. The summed E-state index contributed by atoms with van der Waals surface area (Å²) in [4.78, 5) is 54.7. The Kier molecular flexibility index (Phi) is 12.2. The molecule has 14 nitrogen and oxygen atoms in total. The van der Waals surface area contributed by atoms with Gasteiger partial charge in [-0.05, 0) is 87.4 Å². The van der Waals surface area contributed by atoms with Crippen molar-refractivity contribution < 1.29 is 44.0 Å². The normalized spacial score (nSPS) is 35.1. The third-order valence-corrected chi connectivity index (χ3v) is 16.6. The standard InChI is InChI=1S/C47H63N5O7S.CO2/c1-7-44(56)25-29-24-43(3,38-31(14-18-51(27-29)28-44)30-12-9-10-13-34(30)49-38)33-22-32-35(23-36(33)58-5)50(4)40-46(32)16-19-52-17-11-15-45(8-2,39(46)52)41(54)47(40,57)37(53)26-48-42(55)59-20-21-60-6;2-1-3/h9-13,15,22-23,29,39-41,49,54,56-57H,7-8,14,16-21,24-28H2,1-6H3,(H,48,55);/t29?,39-,40+,41+,43+,44?,45+,46+,47-;/m0./s1. The second kappa shape index (κ2) is 17.0. The lowest BCUT2D eigenvalue weighted by Gasteiger charge is -2.63. The summed E-state index contributed by atoms with van der Waals surface area (Å²) in [7, 11) is 3.64. The number of hydrogen-bond donors (Lipinski definition) is 5. The quantitative estimate of drug-likeness (QED) is 0.145. The number of H-pyrrole nitrogens is 1. The molecule has 5 N–H and O–H groups in total. The molecule has 3 fully saturated rings. The maximum absolute atomic E-state index is 14.8. The number of amides is 1. The van der Waals surface area contributed by atoms with E-state index in [2.05, 4.69) is 82.5 Å². The lowest BCUT2D eigenvalue weighted by Crippen LogP contribution is -2.81. The number of likely N-dealkylation sites (N-methyl/N-ethyl adjacent to an activating group) is 1. The molecule has 0 radical (unpaired) electrons. The Bertz CT molecular complexity index is 2320. The van der Waals surface area contributed by atoms with Gasteiger partial charge < -0.3 is 40.0 Å². The second-order valence-electron chi connectivity index (χ2n) is 19.0. The number of hydrogen-bond acceptors (Lipinski definition) is 13. The zero-order valence-electron chi connectivity index (χ0n) is 37.4. The van der Waals surface area contributed by atoms with Crippen LogP contribution in [0.15, 0.2) is 48.6 Å². The van der Waals surface area contributed by atoms with Crippen molar-refractivity contribution in [3.05, 3.63) is 70.9 Å². The minimum absolute atomic E-state index is 0.195. The number of aromatic nitrogens is 1. The van der Waals surface area contributed by atoms with Crippen LogP contribution in [0, 0.1) is 11.3 Å². The molecule has 1 saturated carbocycles. The number of aliphatic hydroxyl groups excluding tert-OH is 1. The van der Waals surface area contributed by atoms with E-state index in [0.29, 0.717) is 50.3 Å². The van der Waals surface area contributed by atoms with E-state index in [-0.39, 0.29) is 24.7 Å². The van der Waals surface area contributed by atoms with E-state index in [1.165, 1.54) is 10.9 Å². The van der Waals surface area contributed by atoms with Crippen molar-refractivity contribution in [1.82, 2.24) is 20.1 Å². The van der Waals surface area contributed by atoms with Crippen LogP contribution in [-0.2, 0) is 36.4 Å².